The molecule has 0 heterocycles. The third kappa shape index (κ3) is 6.98. The summed E-state index contributed by atoms with van der Waals surface area (Å²) in [6.45, 7) is 24.1. The van der Waals surface area contributed by atoms with Gasteiger partial charge in [0.05, 0.1) is 0 Å². The molecular weight excluding hydrogens is 398 g/mol. The van der Waals surface area contributed by atoms with Crippen LogP contribution in [0.15, 0.2) is 71.5 Å². The molecule has 1 fully saturated rings. The summed E-state index contributed by atoms with van der Waals surface area (Å²) < 4.78 is 0. The zero-order valence-electron chi connectivity index (χ0n) is 22.2. The molecule has 1 nitrogen and oxygen atoms in total. The van der Waals surface area contributed by atoms with Gasteiger partial charge in [0.1, 0.15) is 0 Å². The zero-order chi connectivity index (χ0) is 24.2. The van der Waals surface area contributed by atoms with Crippen molar-refractivity contribution >= 4 is 0 Å². The normalized spacial score (nSPS) is 22.4. The van der Waals surface area contributed by atoms with Crippen molar-refractivity contribution in [1.29, 1.82) is 0 Å². The number of hydrogen-bond acceptors (Lipinski definition) is 1. The van der Waals surface area contributed by atoms with Crippen LogP contribution in [0.4, 0.5) is 0 Å². The summed E-state index contributed by atoms with van der Waals surface area (Å²) in [7, 11) is 0. The van der Waals surface area contributed by atoms with Gasteiger partial charge in [0.25, 0.3) is 0 Å². The molecule has 0 bridgehead atoms. The number of aryl methyl sites for hydroxylation is 2. The maximum atomic E-state index is 4.63. The summed E-state index contributed by atoms with van der Waals surface area (Å²) in [5, 5.41) is 3.73. The summed E-state index contributed by atoms with van der Waals surface area (Å²) in [5.41, 5.74) is 9.75. The first-order chi connectivity index (χ1) is 15.5. The Balaban J connectivity index is 1.65. The third-order valence-electron chi connectivity index (χ3n) is 7.64. The van der Waals surface area contributed by atoms with Crippen molar-refractivity contribution in [2.45, 2.75) is 86.5 Å². The smallest absolute Gasteiger partial charge is 0.0413 e. The predicted molar refractivity (Wildman–Crippen MR) is 145 cm³/mol. The molecule has 1 unspecified atom stereocenters. The molecule has 1 N–H and O–H groups in total. The first kappa shape index (κ1) is 25.6. The van der Waals surface area contributed by atoms with Gasteiger partial charge in [0.15, 0.2) is 0 Å². The van der Waals surface area contributed by atoms with E-state index in [0.29, 0.717) is 11.8 Å². The molecule has 1 heteroatoms. The Bertz CT molecular complexity index is 895. The van der Waals surface area contributed by atoms with Gasteiger partial charge in [-0.1, -0.05) is 96.0 Å². The molecule has 1 aromatic rings. The van der Waals surface area contributed by atoms with Crippen LogP contribution in [0.2, 0.25) is 0 Å². The van der Waals surface area contributed by atoms with Crippen LogP contribution < -0.4 is 5.32 Å². The summed E-state index contributed by atoms with van der Waals surface area (Å²) >= 11 is 0. The van der Waals surface area contributed by atoms with E-state index in [1.807, 2.05) is 0 Å². The van der Waals surface area contributed by atoms with Gasteiger partial charge in [-0.3, -0.25) is 0 Å². The lowest BCUT2D eigenvalue weighted by Gasteiger charge is -2.32. The predicted octanol–water partition coefficient (Wildman–Crippen LogP) is 8.72. The van der Waals surface area contributed by atoms with Crippen molar-refractivity contribution in [3.05, 3.63) is 82.6 Å². The van der Waals surface area contributed by atoms with E-state index in [9.17, 15) is 0 Å². The van der Waals surface area contributed by atoms with Gasteiger partial charge in [0, 0.05) is 18.2 Å². The van der Waals surface area contributed by atoms with E-state index >= 15 is 0 Å². The van der Waals surface area contributed by atoms with Crippen molar-refractivity contribution in [3.63, 3.8) is 0 Å². The molecule has 2 aliphatic rings. The lowest BCUT2D eigenvalue weighted by Crippen LogP contribution is -2.20. The number of rotatable bonds is 9. The first-order valence-corrected chi connectivity index (χ1v) is 13.2. The number of nitrogens with one attached hydrogen (secondary N) is 1. The fraction of sp³-hybridized carbons (Fsp3) is 0.562. The van der Waals surface area contributed by atoms with Crippen LogP contribution in [0.25, 0.3) is 0 Å². The molecule has 3 rings (SSSR count). The molecule has 1 saturated carbocycles. The lowest BCUT2D eigenvalue weighted by molar-refractivity contribution is 0.310. The summed E-state index contributed by atoms with van der Waals surface area (Å²) in [5.74, 6) is 1.91. The maximum Gasteiger partial charge on any atom is 0.0413 e. The van der Waals surface area contributed by atoms with Gasteiger partial charge in [0.2, 0.25) is 0 Å². The fourth-order valence-corrected chi connectivity index (χ4v) is 5.53. The average molecular weight is 446 g/mol. The highest BCUT2D eigenvalue weighted by Crippen LogP contribution is 2.44. The summed E-state index contributed by atoms with van der Waals surface area (Å²) in [6, 6.07) is 8.92. The van der Waals surface area contributed by atoms with Gasteiger partial charge >= 0.3 is 0 Å². The number of hydrogen-bond donors (Lipinski definition) is 1. The van der Waals surface area contributed by atoms with Crippen molar-refractivity contribution in [3.8, 4) is 0 Å². The van der Waals surface area contributed by atoms with E-state index in [2.05, 4.69) is 90.4 Å². The SMILES string of the molecule is C=C1C(NCCCc2ccc(C)cc2)=CC(CC(C)(C)C)=C1C(C)C(=C)C1CCC(C)CC1. The van der Waals surface area contributed by atoms with Crippen molar-refractivity contribution < 1.29 is 0 Å². The molecule has 1 aromatic carbocycles. The van der Waals surface area contributed by atoms with Gasteiger partial charge in [-0.25, -0.2) is 0 Å². The monoisotopic (exact) mass is 445 g/mol. The Labute approximate surface area is 204 Å². The quantitative estimate of drug-likeness (QED) is 0.296. The molecule has 0 amide bonds. The van der Waals surface area contributed by atoms with Gasteiger partial charge in [-0.2, -0.15) is 0 Å². The molecule has 180 valence electrons. The second-order valence-electron chi connectivity index (χ2n) is 12.0. The Kier molecular flexibility index (Phi) is 8.48. The maximum absolute atomic E-state index is 4.63. The first-order valence-electron chi connectivity index (χ1n) is 13.2. The number of allylic oxidation sites excluding steroid dienone is 4. The topological polar surface area (TPSA) is 12.0 Å². The largest absolute Gasteiger partial charge is 0.385 e. The van der Waals surface area contributed by atoms with Crippen LogP contribution in [0.1, 0.15) is 84.3 Å². The zero-order valence-corrected chi connectivity index (χ0v) is 22.2. The Morgan fingerprint density at radius 2 is 1.73 bits per heavy atom. The lowest BCUT2D eigenvalue weighted by atomic mass is 9.73. The Morgan fingerprint density at radius 1 is 1.09 bits per heavy atom. The highest BCUT2D eigenvalue weighted by molar-refractivity contribution is 5.60. The van der Waals surface area contributed by atoms with E-state index in [4.69, 9.17) is 0 Å². The van der Waals surface area contributed by atoms with E-state index < -0.39 is 0 Å². The Hall–Kier alpha value is -2.02. The molecular formula is C32H47N. The second-order valence-corrected chi connectivity index (χ2v) is 12.0. The van der Waals surface area contributed by atoms with Crippen molar-refractivity contribution in [2.75, 3.05) is 6.54 Å². The molecule has 1 atom stereocenters. The molecule has 33 heavy (non-hydrogen) atoms. The molecule has 0 aliphatic heterocycles. The van der Waals surface area contributed by atoms with Crippen LogP contribution in [0.5, 0.6) is 0 Å². The van der Waals surface area contributed by atoms with Gasteiger partial charge in [-0.05, 0) is 84.6 Å². The van der Waals surface area contributed by atoms with Crippen LogP contribution in [-0.2, 0) is 6.42 Å². The van der Waals surface area contributed by atoms with Crippen LogP contribution >= 0.6 is 0 Å². The van der Waals surface area contributed by atoms with Gasteiger partial charge < -0.3 is 5.32 Å². The van der Waals surface area contributed by atoms with E-state index in [1.165, 1.54) is 64.8 Å². The van der Waals surface area contributed by atoms with E-state index in [0.717, 1.165) is 31.7 Å². The summed E-state index contributed by atoms with van der Waals surface area (Å²) in [4.78, 5) is 0. The minimum atomic E-state index is 0.250. The Morgan fingerprint density at radius 3 is 2.33 bits per heavy atom. The molecule has 0 radical (unpaired) electrons. The minimum Gasteiger partial charge on any atom is -0.385 e. The van der Waals surface area contributed by atoms with Crippen molar-refractivity contribution in [1.82, 2.24) is 5.32 Å². The van der Waals surface area contributed by atoms with E-state index in [-0.39, 0.29) is 5.41 Å². The average Bonchev–Trinajstić information content (AvgIpc) is 3.05. The van der Waals surface area contributed by atoms with E-state index in [1.54, 1.807) is 0 Å². The van der Waals surface area contributed by atoms with Crippen LogP contribution in [0.3, 0.4) is 0 Å². The van der Waals surface area contributed by atoms with Gasteiger partial charge in [-0.15, -0.1) is 0 Å². The minimum absolute atomic E-state index is 0.250. The van der Waals surface area contributed by atoms with Crippen LogP contribution in [-0.4, -0.2) is 6.54 Å². The molecule has 0 saturated heterocycles. The fourth-order valence-electron chi connectivity index (χ4n) is 5.53. The highest BCUT2D eigenvalue weighted by Gasteiger charge is 2.31. The second kappa shape index (κ2) is 10.9. The molecule has 0 spiro atoms. The third-order valence-corrected chi connectivity index (χ3v) is 7.64. The highest BCUT2D eigenvalue weighted by atomic mass is 14.9. The van der Waals surface area contributed by atoms with Crippen LogP contribution in [0, 0.1) is 30.1 Å². The summed E-state index contributed by atoms with van der Waals surface area (Å²) in [6.07, 6.45) is 11.0. The number of benzene rings is 1. The standard InChI is InChI=1S/C32H47N/c1-22-11-15-27(16-12-22)10-9-19-33-30-20-29(21-32(6,7)8)31(26(30)5)25(4)24(3)28-17-13-23(2)14-18-28/h11-12,15-16,20,23,25,28,33H,3,5,9-10,13-14,17-19,21H2,1-2,4,6-8H3. The van der Waals surface area contributed by atoms with Crippen molar-refractivity contribution in [2.24, 2.45) is 23.2 Å². The molecule has 2 aliphatic carbocycles. The molecule has 0 aromatic heterocycles.